The molecule has 0 fully saturated rings. The molecule has 0 saturated carbocycles. The minimum atomic E-state index is -0.788. The minimum Gasteiger partial charge on any atom is -0.435 e. The summed E-state index contributed by atoms with van der Waals surface area (Å²) in [6, 6.07) is 10.3. The Balaban J connectivity index is 2.10. The third kappa shape index (κ3) is 2.60. The van der Waals surface area contributed by atoms with Crippen molar-refractivity contribution in [3.63, 3.8) is 0 Å². The molecule has 3 rings (SSSR count). The summed E-state index contributed by atoms with van der Waals surface area (Å²) in [4.78, 5) is 8.45. The highest BCUT2D eigenvalue weighted by Crippen LogP contribution is 2.30. The van der Waals surface area contributed by atoms with Crippen LogP contribution in [0.1, 0.15) is 0 Å². The summed E-state index contributed by atoms with van der Waals surface area (Å²) in [6.45, 7) is 0. The summed E-state index contributed by atoms with van der Waals surface area (Å²) in [5.74, 6) is -0.990. The standard InChI is InChI=1S/C15H11F2N3O/c1-18-15-19-12-5-3-2-4-10(12)14(20-15)21-13-7-6-9(16)8-11(13)17/h2-8H,1H3,(H,18,19,20). The van der Waals surface area contributed by atoms with Gasteiger partial charge in [-0.15, -0.1) is 0 Å². The van der Waals surface area contributed by atoms with Gasteiger partial charge in [0, 0.05) is 13.1 Å². The molecular formula is C15H11F2N3O. The molecule has 3 aromatic rings. The molecule has 106 valence electrons. The smallest absolute Gasteiger partial charge is 0.232 e. The van der Waals surface area contributed by atoms with Gasteiger partial charge in [-0.05, 0) is 24.3 Å². The highest BCUT2D eigenvalue weighted by atomic mass is 19.1. The molecule has 0 aliphatic rings. The molecule has 1 N–H and O–H groups in total. The third-order valence-electron chi connectivity index (χ3n) is 2.89. The maximum absolute atomic E-state index is 13.7. The van der Waals surface area contributed by atoms with Crippen LogP contribution in [0, 0.1) is 11.6 Å². The van der Waals surface area contributed by atoms with Gasteiger partial charge >= 0.3 is 0 Å². The van der Waals surface area contributed by atoms with E-state index in [-0.39, 0.29) is 11.6 Å². The lowest BCUT2D eigenvalue weighted by atomic mass is 10.2. The number of nitrogens with zero attached hydrogens (tertiary/aromatic N) is 2. The van der Waals surface area contributed by atoms with Crippen molar-refractivity contribution in [2.45, 2.75) is 0 Å². The summed E-state index contributed by atoms with van der Waals surface area (Å²) >= 11 is 0. The van der Waals surface area contributed by atoms with E-state index in [1.165, 1.54) is 6.07 Å². The fourth-order valence-electron chi connectivity index (χ4n) is 1.90. The zero-order chi connectivity index (χ0) is 14.8. The van der Waals surface area contributed by atoms with E-state index in [4.69, 9.17) is 4.74 Å². The van der Waals surface area contributed by atoms with E-state index in [1.807, 2.05) is 6.07 Å². The first-order valence-electron chi connectivity index (χ1n) is 6.25. The monoisotopic (exact) mass is 287 g/mol. The number of fused-ring (bicyclic) bond motifs is 1. The van der Waals surface area contributed by atoms with E-state index >= 15 is 0 Å². The van der Waals surface area contributed by atoms with Gasteiger partial charge in [0.2, 0.25) is 11.8 Å². The van der Waals surface area contributed by atoms with Gasteiger partial charge in [-0.2, -0.15) is 4.98 Å². The second-order valence-corrected chi connectivity index (χ2v) is 4.30. The normalized spacial score (nSPS) is 10.6. The molecule has 1 aromatic heterocycles. The molecule has 0 amide bonds. The third-order valence-corrected chi connectivity index (χ3v) is 2.89. The highest BCUT2D eigenvalue weighted by molar-refractivity contribution is 5.84. The van der Waals surface area contributed by atoms with Crippen LogP contribution >= 0.6 is 0 Å². The molecule has 6 heteroatoms. The number of ether oxygens (including phenoxy) is 1. The molecule has 21 heavy (non-hydrogen) atoms. The molecule has 0 atom stereocenters. The number of rotatable bonds is 3. The van der Waals surface area contributed by atoms with Gasteiger partial charge in [0.25, 0.3) is 0 Å². The molecule has 0 radical (unpaired) electrons. The van der Waals surface area contributed by atoms with Gasteiger partial charge in [-0.1, -0.05) is 12.1 Å². The largest absolute Gasteiger partial charge is 0.435 e. The first-order chi connectivity index (χ1) is 10.2. The van der Waals surface area contributed by atoms with E-state index in [1.54, 1.807) is 25.2 Å². The van der Waals surface area contributed by atoms with E-state index < -0.39 is 11.6 Å². The van der Waals surface area contributed by atoms with Crippen molar-refractivity contribution in [1.82, 2.24) is 9.97 Å². The fraction of sp³-hybridized carbons (Fsp3) is 0.0667. The maximum atomic E-state index is 13.7. The average Bonchev–Trinajstić information content (AvgIpc) is 2.49. The summed E-state index contributed by atoms with van der Waals surface area (Å²) in [5.41, 5.74) is 0.661. The maximum Gasteiger partial charge on any atom is 0.232 e. The number of anilines is 1. The predicted octanol–water partition coefficient (Wildman–Crippen LogP) is 3.74. The fourth-order valence-corrected chi connectivity index (χ4v) is 1.90. The van der Waals surface area contributed by atoms with E-state index in [2.05, 4.69) is 15.3 Å². The van der Waals surface area contributed by atoms with Gasteiger partial charge in [-0.25, -0.2) is 13.8 Å². The van der Waals surface area contributed by atoms with Crippen LogP contribution in [0.5, 0.6) is 11.6 Å². The number of halogens is 2. The Morgan fingerprint density at radius 1 is 1.05 bits per heavy atom. The molecule has 2 aromatic carbocycles. The molecule has 0 bridgehead atoms. The topological polar surface area (TPSA) is 47.0 Å². The van der Waals surface area contributed by atoms with Crippen molar-refractivity contribution in [2.24, 2.45) is 0 Å². The molecule has 0 spiro atoms. The second-order valence-electron chi connectivity index (χ2n) is 4.30. The molecule has 1 heterocycles. The number of para-hydroxylation sites is 1. The van der Waals surface area contributed by atoms with E-state index in [0.717, 1.165) is 12.1 Å². The Labute approximate surface area is 119 Å². The lowest BCUT2D eigenvalue weighted by molar-refractivity contribution is 0.428. The Bertz CT molecular complexity index is 808. The van der Waals surface area contributed by atoms with Gasteiger partial charge in [0.15, 0.2) is 11.6 Å². The first kappa shape index (κ1) is 13.2. The van der Waals surface area contributed by atoms with Crippen LogP contribution < -0.4 is 10.1 Å². The lowest BCUT2D eigenvalue weighted by Gasteiger charge is -2.10. The molecule has 0 saturated heterocycles. The van der Waals surface area contributed by atoms with Crippen molar-refractivity contribution in [3.8, 4) is 11.6 Å². The molecule has 4 nitrogen and oxygen atoms in total. The number of nitrogens with one attached hydrogen (secondary N) is 1. The number of hydrogen-bond acceptors (Lipinski definition) is 4. The van der Waals surface area contributed by atoms with Gasteiger partial charge in [0.1, 0.15) is 5.82 Å². The number of hydrogen-bond donors (Lipinski definition) is 1. The zero-order valence-electron chi connectivity index (χ0n) is 11.1. The highest BCUT2D eigenvalue weighted by Gasteiger charge is 2.12. The number of benzene rings is 2. The summed E-state index contributed by atoms with van der Waals surface area (Å²) < 4.78 is 32.1. The molecule has 0 aliphatic carbocycles. The zero-order valence-corrected chi connectivity index (χ0v) is 11.1. The van der Waals surface area contributed by atoms with Crippen LogP contribution in [0.2, 0.25) is 0 Å². The quantitative estimate of drug-likeness (QED) is 0.797. The van der Waals surface area contributed by atoms with Crippen molar-refractivity contribution in [1.29, 1.82) is 0 Å². The van der Waals surface area contributed by atoms with Crippen LogP contribution in [0.25, 0.3) is 10.9 Å². The second kappa shape index (κ2) is 5.32. The average molecular weight is 287 g/mol. The van der Waals surface area contributed by atoms with Gasteiger partial charge in [0.05, 0.1) is 10.9 Å². The van der Waals surface area contributed by atoms with Crippen LogP contribution in [-0.2, 0) is 0 Å². The summed E-state index contributed by atoms with van der Waals surface area (Å²) in [6.07, 6.45) is 0. The van der Waals surface area contributed by atoms with Crippen LogP contribution in [0.4, 0.5) is 14.7 Å². The molecule has 0 aliphatic heterocycles. The summed E-state index contributed by atoms with van der Waals surface area (Å²) in [5, 5.41) is 3.45. The Hall–Kier alpha value is -2.76. The van der Waals surface area contributed by atoms with E-state index in [0.29, 0.717) is 16.9 Å². The van der Waals surface area contributed by atoms with Crippen molar-refractivity contribution in [3.05, 3.63) is 54.1 Å². The SMILES string of the molecule is CNc1nc(Oc2ccc(F)cc2F)c2ccccc2n1. The minimum absolute atomic E-state index is 0.0951. The van der Waals surface area contributed by atoms with Crippen molar-refractivity contribution >= 4 is 16.9 Å². The van der Waals surface area contributed by atoms with E-state index in [9.17, 15) is 8.78 Å². The van der Waals surface area contributed by atoms with Gasteiger partial charge < -0.3 is 10.1 Å². The van der Waals surface area contributed by atoms with Crippen LogP contribution in [0.15, 0.2) is 42.5 Å². The first-order valence-corrected chi connectivity index (χ1v) is 6.25. The van der Waals surface area contributed by atoms with Crippen molar-refractivity contribution in [2.75, 3.05) is 12.4 Å². The number of aromatic nitrogens is 2. The van der Waals surface area contributed by atoms with Crippen LogP contribution in [0.3, 0.4) is 0 Å². The van der Waals surface area contributed by atoms with Crippen LogP contribution in [-0.4, -0.2) is 17.0 Å². The lowest BCUT2D eigenvalue weighted by Crippen LogP contribution is -2.00. The predicted molar refractivity (Wildman–Crippen MR) is 75.5 cm³/mol. The Morgan fingerprint density at radius 3 is 2.62 bits per heavy atom. The Morgan fingerprint density at radius 2 is 1.86 bits per heavy atom. The van der Waals surface area contributed by atoms with Crippen molar-refractivity contribution < 1.29 is 13.5 Å². The summed E-state index contributed by atoms with van der Waals surface area (Å²) in [7, 11) is 1.67. The molecular weight excluding hydrogens is 276 g/mol. The van der Waals surface area contributed by atoms with Gasteiger partial charge in [-0.3, -0.25) is 0 Å². The Kier molecular flexibility index (Phi) is 3.35. The molecule has 0 unspecified atom stereocenters.